The van der Waals surface area contributed by atoms with Crippen LogP contribution in [0.4, 0.5) is 0 Å². The number of nitrogens with zero attached hydrogens (tertiary/aromatic N) is 1. The minimum absolute atomic E-state index is 0.0376. The summed E-state index contributed by atoms with van der Waals surface area (Å²) in [6.07, 6.45) is 0. The maximum absolute atomic E-state index is 12.6. The first kappa shape index (κ1) is 18.6. The summed E-state index contributed by atoms with van der Waals surface area (Å²) in [5.41, 5.74) is 4.46. The predicted molar refractivity (Wildman–Crippen MR) is 106 cm³/mol. The Kier molecular flexibility index (Phi) is 5.44. The summed E-state index contributed by atoms with van der Waals surface area (Å²) in [4.78, 5) is 4.50. The van der Waals surface area contributed by atoms with Crippen molar-refractivity contribution in [2.75, 3.05) is 7.11 Å². The summed E-state index contributed by atoms with van der Waals surface area (Å²) in [5.74, 6) is 0.768. The van der Waals surface area contributed by atoms with Crippen LogP contribution in [0.3, 0.4) is 0 Å². The molecule has 0 radical (unpaired) electrons. The smallest absolute Gasteiger partial charge is 0.160 e. The standard InChI is InChI=1S/C20H21NO3S2/c1-14-4-5-15(2)17(10-14)12-26(22,23)13-18-11-25-20(21-18)16-6-8-19(24-3)9-7-16/h4-11H,12-13H2,1-3H3. The van der Waals surface area contributed by atoms with Gasteiger partial charge in [-0.05, 0) is 49.2 Å². The number of thiazole rings is 1. The van der Waals surface area contributed by atoms with Crippen LogP contribution in [0, 0.1) is 13.8 Å². The minimum atomic E-state index is -3.28. The molecule has 1 heterocycles. The second-order valence-corrected chi connectivity index (χ2v) is 9.26. The van der Waals surface area contributed by atoms with Gasteiger partial charge in [0.2, 0.25) is 0 Å². The van der Waals surface area contributed by atoms with E-state index in [9.17, 15) is 8.42 Å². The Morgan fingerprint density at radius 3 is 2.46 bits per heavy atom. The maximum atomic E-state index is 12.6. The van der Waals surface area contributed by atoms with Crippen LogP contribution in [-0.4, -0.2) is 20.5 Å². The molecule has 4 nitrogen and oxygen atoms in total. The van der Waals surface area contributed by atoms with E-state index < -0.39 is 9.84 Å². The number of aromatic nitrogens is 1. The average Bonchev–Trinajstić information content (AvgIpc) is 3.05. The number of methoxy groups -OCH3 is 1. The van der Waals surface area contributed by atoms with Gasteiger partial charge < -0.3 is 4.74 Å². The third-order valence-electron chi connectivity index (χ3n) is 4.14. The molecular weight excluding hydrogens is 366 g/mol. The molecule has 0 fully saturated rings. The van der Waals surface area contributed by atoms with E-state index in [1.54, 1.807) is 7.11 Å². The molecule has 0 amide bonds. The zero-order valence-electron chi connectivity index (χ0n) is 15.0. The van der Waals surface area contributed by atoms with Crippen molar-refractivity contribution in [3.05, 3.63) is 70.2 Å². The van der Waals surface area contributed by atoms with E-state index in [1.807, 2.05) is 61.7 Å². The van der Waals surface area contributed by atoms with Gasteiger partial charge in [-0.1, -0.05) is 23.8 Å². The summed E-state index contributed by atoms with van der Waals surface area (Å²) < 4.78 is 30.4. The molecule has 3 aromatic rings. The largest absolute Gasteiger partial charge is 0.497 e. The summed E-state index contributed by atoms with van der Waals surface area (Å²) in [6, 6.07) is 13.5. The van der Waals surface area contributed by atoms with Crippen LogP contribution in [0.2, 0.25) is 0 Å². The van der Waals surface area contributed by atoms with E-state index in [0.717, 1.165) is 33.0 Å². The Hall–Kier alpha value is -2.18. The molecule has 136 valence electrons. The summed E-state index contributed by atoms with van der Waals surface area (Å²) in [7, 11) is -1.66. The third kappa shape index (κ3) is 4.51. The lowest BCUT2D eigenvalue weighted by Gasteiger charge is -2.07. The molecule has 2 aromatic carbocycles. The first-order valence-electron chi connectivity index (χ1n) is 8.22. The van der Waals surface area contributed by atoms with Crippen LogP contribution in [0.25, 0.3) is 10.6 Å². The summed E-state index contributed by atoms with van der Waals surface area (Å²) in [6.45, 7) is 3.91. The van der Waals surface area contributed by atoms with Gasteiger partial charge in [-0.25, -0.2) is 13.4 Å². The molecule has 3 rings (SSSR count). The fourth-order valence-corrected chi connectivity index (χ4v) is 5.13. The van der Waals surface area contributed by atoms with Gasteiger partial charge in [0.15, 0.2) is 9.84 Å². The summed E-state index contributed by atoms with van der Waals surface area (Å²) >= 11 is 1.45. The monoisotopic (exact) mass is 387 g/mol. The number of rotatable bonds is 6. The number of ether oxygens (including phenoxy) is 1. The van der Waals surface area contributed by atoms with E-state index in [4.69, 9.17) is 4.74 Å². The van der Waals surface area contributed by atoms with Gasteiger partial charge in [-0.2, -0.15) is 0 Å². The molecule has 0 aliphatic heterocycles. The van der Waals surface area contributed by atoms with Crippen molar-refractivity contribution >= 4 is 21.2 Å². The molecule has 26 heavy (non-hydrogen) atoms. The highest BCUT2D eigenvalue weighted by Gasteiger charge is 2.17. The zero-order chi connectivity index (χ0) is 18.7. The number of benzene rings is 2. The lowest BCUT2D eigenvalue weighted by atomic mass is 10.1. The SMILES string of the molecule is COc1ccc(-c2nc(CS(=O)(=O)Cc3cc(C)ccc3C)cs2)cc1. The highest BCUT2D eigenvalue weighted by Crippen LogP contribution is 2.27. The second kappa shape index (κ2) is 7.60. The number of hydrogen-bond acceptors (Lipinski definition) is 5. The Labute approximate surface area is 158 Å². The van der Waals surface area contributed by atoms with Gasteiger partial charge >= 0.3 is 0 Å². The topological polar surface area (TPSA) is 56.3 Å². The molecular formula is C20H21NO3S2. The normalized spacial score (nSPS) is 11.5. The molecule has 0 saturated carbocycles. The molecule has 6 heteroatoms. The molecule has 1 aromatic heterocycles. The quantitative estimate of drug-likeness (QED) is 0.623. The van der Waals surface area contributed by atoms with E-state index in [2.05, 4.69) is 4.98 Å². The van der Waals surface area contributed by atoms with Crippen LogP contribution in [0.1, 0.15) is 22.4 Å². The lowest BCUT2D eigenvalue weighted by molar-refractivity contribution is 0.415. The van der Waals surface area contributed by atoms with Gasteiger partial charge in [-0.15, -0.1) is 11.3 Å². The Morgan fingerprint density at radius 2 is 1.77 bits per heavy atom. The number of sulfone groups is 1. The first-order chi connectivity index (χ1) is 12.4. The number of aryl methyl sites for hydroxylation is 2. The lowest BCUT2D eigenvalue weighted by Crippen LogP contribution is -2.09. The molecule has 0 unspecified atom stereocenters. The molecule has 0 bridgehead atoms. The van der Waals surface area contributed by atoms with Gasteiger partial charge in [0.05, 0.1) is 24.3 Å². The third-order valence-corrected chi connectivity index (χ3v) is 6.56. The first-order valence-corrected chi connectivity index (χ1v) is 10.9. The average molecular weight is 388 g/mol. The van der Waals surface area contributed by atoms with Crippen molar-refractivity contribution in [1.29, 1.82) is 0 Å². The van der Waals surface area contributed by atoms with Crippen molar-refractivity contribution in [3.63, 3.8) is 0 Å². The van der Waals surface area contributed by atoms with E-state index in [-0.39, 0.29) is 11.5 Å². The molecule has 0 aliphatic rings. The van der Waals surface area contributed by atoms with Crippen LogP contribution < -0.4 is 4.74 Å². The van der Waals surface area contributed by atoms with E-state index in [1.165, 1.54) is 11.3 Å². The highest BCUT2D eigenvalue weighted by atomic mass is 32.2. The zero-order valence-corrected chi connectivity index (χ0v) is 16.7. The molecule has 0 N–H and O–H groups in total. The second-order valence-electron chi connectivity index (χ2n) is 6.33. The van der Waals surface area contributed by atoms with Crippen LogP contribution >= 0.6 is 11.3 Å². The number of hydrogen-bond donors (Lipinski definition) is 0. The van der Waals surface area contributed by atoms with Crippen molar-refractivity contribution in [2.45, 2.75) is 25.4 Å². The van der Waals surface area contributed by atoms with Crippen LogP contribution in [0.5, 0.6) is 5.75 Å². The van der Waals surface area contributed by atoms with Crippen LogP contribution in [0.15, 0.2) is 47.8 Å². The van der Waals surface area contributed by atoms with Crippen molar-refractivity contribution < 1.29 is 13.2 Å². The van der Waals surface area contributed by atoms with E-state index in [0.29, 0.717) is 5.69 Å². The van der Waals surface area contributed by atoms with Crippen molar-refractivity contribution in [2.24, 2.45) is 0 Å². The van der Waals surface area contributed by atoms with Crippen LogP contribution in [-0.2, 0) is 21.3 Å². The molecule has 0 saturated heterocycles. The molecule has 0 atom stereocenters. The Morgan fingerprint density at radius 1 is 1.04 bits per heavy atom. The fraction of sp³-hybridized carbons (Fsp3) is 0.250. The Bertz CT molecular complexity index is 1010. The maximum Gasteiger partial charge on any atom is 0.160 e. The van der Waals surface area contributed by atoms with Gasteiger partial charge in [0.25, 0.3) is 0 Å². The summed E-state index contributed by atoms with van der Waals surface area (Å²) in [5, 5.41) is 2.63. The predicted octanol–water partition coefficient (Wildman–Crippen LogP) is 4.55. The van der Waals surface area contributed by atoms with Gasteiger partial charge in [0.1, 0.15) is 10.8 Å². The van der Waals surface area contributed by atoms with E-state index >= 15 is 0 Å². The van der Waals surface area contributed by atoms with Gasteiger partial charge in [-0.3, -0.25) is 0 Å². The Balaban J connectivity index is 1.76. The molecule has 0 aliphatic carbocycles. The van der Waals surface area contributed by atoms with Crippen molar-refractivity contribution in [3.8, 4) is 16.3 Å². The highest BCUT2D eigenvalue weighted by molar-refractivity contribution is 7.89. The minimum Gasteiger partial charge on any atom is -0.497 e. The van der Waals surface area contributed by atoms with Crippen molar-refractivity contribution in [1.82, 2.24) is 4.98 Å². The van der Waals surface area contributed by atoms with Gasteiger partial charge in [0, 0.05) is 10.9 Å². The fourth-order valence-electron chi connectivity index (χ4n) is 2.71. The molecule has 0 spiro atoms.